The molecule has 0 aromatic heterocycles. The Morgan fingerprint density at radius 2 is 2.06 bits per heavy atom. The quantitative estimate of drug-likeness (QED) is 0.687. The second kappa shape index (κ2) is 4.95. The fraction of sp³-hybridized carbons (Fsp3) is 0.833. The summed E-state index contributed by atoms with van der Waals surface area (Å²) in [5.74, 6) is 0.467. The van der Waals surface area contributed by atoms with E-state index in [9.17, 15) is 9.59 Å². The van der Waals surface area contributed by atoms with Crippen LogP contribution in [0.25, 0.3) is 0 Å². The summed E-state index contributed by atoms with van der Waals surface area (Å²) in [5, 5.41) is 5.78. The van der Waals surface area contributed by atoms with Crippen LogP contribution in [-0.4, -0.2) is 23.9 Å². The zero-order chi connectivity index (χ0) is 11.5. The summed E-state index contributed by atoms with van der Waals surface area (Å²) in [5.41, 5.74) is 0. The summed E-state index contributed by atoms with van der Waals surface area (Å²) >= 11 is 0. The van der Waals surface area contributed by atoms with Crippen molar-refractivity contribution in [3.8, 4) is 0 Å². The van der Waals surface area contributed by atoms with E-state index in [4.69, 9.17) is 0 Å². The van der Waals surface area contributed by atoms with Crippen molar-refractivity contribution in [3.05, 3.63) is 0 Å². The van der Waals surface area contributed by atoms with Gasteiger partial charge in [-0.3, -0.25) is 14.9 Å². The lowest BCUT2D eigenvalue weighted by Gasteiger charge is -2.32. The molecular formula is C12H20N2O2. The van der Waals surface area contributed by atoms with Crippen LogP contribution >= 0.6 is 0 Å². The van der Waals surface area contributed by atoms with Gasteiger partial charge >= 0.3 is 0 Å². The van der Waals surface area contributed by atoms with E-state index in [-0.39, 0.29) is 17.9 Å². The monoisotopic (exact) mass is 224 g/mol. The number of nitrogens with one attached hydrogen (secondary N) is 2. The summed E-state index contributed by atoms with van der Waals surface area (Å²) in [6.45, 7) is 2.26. The zero-order valence-electron chi connectivity index (χ0n) is 9.79. The smallest absolute Gasteiger partial charge is 0.243 e. The summed E-state index contributed by atoms with van der Waals surface area (Å²) in [7, 11) is 0. The number of rotatable bonds is 2. The highest BCUT2D eigenvalue weighted by molar-refractivity contribution is 6.00. The molecule has 1 aliphatic heterocycles. The van der Waals surface area contributed by atoms with Crippen LogP contribution in [-0.2, 0) is 9.59 Å². The van der Waals surface area contributed by atoms with E-state index >= 15 is 0 Å². The average molecular weight is 224 g/mol. The summed E-state index contributed by atoms with van der Waals surface area (Å²) in [6.07, 6.45) is 5.96. The molecule has 1 saturated carbocycles. The molecule has 1 heterocycles. The molecule has 2 N–H and O–H groups in total. The Balaban J connectivity index is 1.84. The van der Waals surface area contributed by atoms with Gasteiger partial charge in [0.05, 0.1) is 6.04 Å². The number of hydrogen-bond acceptors (Lipinski definition) is 3. The van der Waals surface area contributed by atoms with Gasteiger partial charge in [-0.2, -0.15) is 0 Å². The highest BCUT2D eigenvalue weighted by atomic mass is 16.2. The maximum Gasteiger partial charge on any atom is 0.243 e. The topological polar surface area (TPSA) is 58.2 Å². The lowest BCUT2D eigenvalue weighted by atomic mass is 9.86. The molecule has 0 aromatic carbocycles. The van der Waals surface area contributed by atoms with Gasteiger partial charge in [-0.05, 0) is 25.2 Å². The normalized spacial score (nSPS) is 35.9. The van der Waals surface area contributed by atoms with Crippen LogP contribution < -0.4 is 10.6 Å². The minimum atomic E-state index is -0.159. The average Bonchev–Trinajstić information content (AvgIpc) is 2.22. The van der Waals surface area contributed by atoms with Crippen molar-refractivity contribution in [1.82, 2.24) is 10.6 Å². The molecule has 4 nitrogen and oxygen atoms in total. The fourth-order valence-corrected chi connectivity index (χ4v) is 2.72. The van der Waals surface area contributed by atoms with Crippen LogP contribution in [0.15, 0.2) is 0 Å². The molecule has 1 aliphatic carbocycles. The minimum absolute atomic E-state index is 0.139. The molecule has 1 saturated heterocycles. The molecule has 4 heteroatoms. The van der Waals surface area contributed by atoms with Gasteiger partial charge in [-0.1, -0.05) is 19.8 Å². The van der Waals surface area contributed by atoms with Crippen molar-refractivity contribution >= 4 is 11.8 Å². The third kappa shape index (κ3) is 2.82. The number of hydrogen-bond donors (Lipinski definition) is 2. The predicted molar refractivity (Wildman–Crippen MR) is 60.7 cm³/mol. The lowest BCUT2D eigenvalue weighted by Crippen LogP contribution is -2.54. The fourth-order valence-electron chi connectivity index (χ4n) is 2.72. The van der Waals surface area contributed by atoms with E-state index in [1.165, 1.54) is 12.8 Å². The number of carbonyl (C=O) groups excluding carboxylic acids is 2. The van der Waals surface area contributed by atoms with Gasteiger partial charge in [-0.15, -0.1) is 0 Å². The standard InChI is InChI=1S/C12H20N2O2/c1-8-3-2-4-9(7-8)13-10-5-6-11(15)14-12(10)16/h8-10,13H,2-7H2,1H3,(H,14,15,16). The van der Waals surface area contributed by atoms with Crippen molar-refractivity contribution in [2.75, 3.05) is 0 Å². The molecule has 3 unspecified atom stereocenters. The molecular weight excluding hydrogens is 204 g/mol. The molecule has 0 spiro atoms. The van der Waals surface area contributed by atoms with Crippen LogP contribution in [0.2, 0.25) is 0 Å². The van der Waals surface area contributed by atoms with Crippen molar-refractivity contribution in [3.63, 3.8) is 0 Å². The SMILES string of the molecule is CC1CCCC(NC2CCC(=O)NC2=O)C1. The summed E-state index contributed by atoms with van der Waals surface area (Å²) < 4.78 is 0. The molecule has 2 amide bonds. The molecule has 0 radical (unpaired) electrons. The van der Waals surface area contributed by atoms with Gasteiger partial charge in [0.2, 0.25) is 11.8 Å². The lowest BCUT2D eigenvalue weighted by molar-refractivity contribution is -0.135. The Bertz CT molecular complexity index is 291. The van der Waals surface area contributed by atoms with Crippen LogP contribution in [0.4, 0.5) is 0 Å². The first-order chi connectivity index (χ1) is 7.65. The Hall–Kier alpha value is -0.900. The Morgan fingerprint density at radius 1 is 1.25 bits per heavy atom. The van der Waals surface area contributed by atoms with E-state index in [0.29, 0.717) is 18.9 Å². The van der Waals surface area contributed by atoms with Crippen molar-refractivity contribution in [2.45, 2.75) is 57.5 Å². The van der Waals surface area contributed by atoms with E-state index in [0.717, 1.165) is 18.8 Å². The number of amides is 2. The first-order valence-electron chi connectivity index (χ1n) is 6.25. The van der Waals surface area contributed by atoms with Gasteiger partial charge in [0, 0.05) is 12.5 Å². The van der Waals surface area contributed by atoms with E-state index in [2.05, 4.69) is 17.6 Å². The Labute approximate surface area is 96.2 Å². The second-order valence-electron chi connectivity index (χ2n) is 5.14. The van der Waals surface area contributed by atoms with E-state index in [1.54, 1.807) is 0 Å². The van der Waals surface area contributed by atoms with Gasteiger partial charge in [0.25, 0.3) is 0 Å². The van der Waals surface area contributed by atoms with Crippen molar-refractivity contribution in [1.29, 1.82) is 0 Å². The molecule has 2 fully saturated rings. The highest BCUT2D eigenvalue weighted by Gasteiger charge is 2.29. The maximum absolute atomic E-state index is 11.6. The van der Waals surface area contributed by atoms with Gasteiger partial charge in [0.1, 0.15) is 0 Å². The molecule has 0 aromatic rings. The van der Waals surface area contributed by atoms with Crippen LogP contribution in [0.1, 0.15) is 45.4 Å². The van der Waals surface area contributed by atoms with Gasteiger partial charge < -0.3 is 5.32 Å². The summed E-state index contributed by atoms with van der Waals surface area (Å²) in [6, 6.07) is 0.292. The highest BCUT2D eigenvalue weighted by Crippen LogP contribution is 2.24. The van der Waals surface area contributed by atoms with Crippen LogP contribution in [0, 0.1) is 5.92 Å². The number of carbonyl (C=O) groups is 2. The molecule has 16 heavy (non-hydrogen) atoms. The molecule has 0 bridgehead atoms. The number of imide groups is 1. The van der Waals surface area contributed by atoms with Gasteiger partial charge in [0.15, 0.2) is 0 Å². The van der Waals surface area contributed by atoms with Crippen LogP contribution in [0.3, 0.4) is 0 Å². The van der Waals surface area contributed by atoms with Crippen molar-refractivity contribution < 1.29 is 9.59 Å². The van der Waals surface area contributed by atoms with Crippen LogP contribution in [0.5, 0.6) is 0 Å². The first kappa shape index (κ1) is 11.6. The second-order valence-corrected chi connectivity index (χ2v) is 5.14. The zero-order valence-corrected chi connectivity index (χ0v) is 9.79. The van der Waals surface area contributed by atoms with Gasteiger partial charge in [-0.25, -0.2) is 0 Å². The van der Waals surface area contributed by atoms with Crippen molar-refractivity contribution in [2.24, 2.45) is 5.92 Å². The molecule has 90 valence electrons. The Morgan fingerprint density at radius 3 is 2.75 bits per heavy atom. The summed E-state index contributed by atoms with van der Waals surface area (Å²) in [4.78, 5) is 22.6. The first-order valence-corrected chi connectivity index (χ1v) is 6.25. The van der Waals surface area contributed by atoms with E-state index in [1.807, 2.05) is 0 Å². The van der Waals surface area contributed by atoms with E-state index < -0.39 is 0 Å². The minimum Gasteiger partial charge on any atom is -0.303 e. The number of piperidine rings is 1. The molecule has 2 aliphatic rings. The third-order valence-corrected chi connectivity index (χ3v) is 3.61. The molecule has 2 rings (SSSR count). The predicted octanol–water partition coefficient (Wildman–Crippen LogP) is 0.960. The largest absolute Gasteiger partial charge is 0.303 e. The maximum atomic E-state index is 11.6. The third-order valence-electron chi connectivity index (χ3n) is 3.61. The molecule has 3 atom stereocenters. The Kier molecular flexibility index (Phi) is 3.59.